The molecular weight excluding hydrogens is 148 g/mol. The van der Waals surface area contributed by atoms with E-state index in [2.05, 4.69) is 13.0 Å². The Hall–Kier alpha value is -0.590. The predicted octanol–water partition coefficient (Wildman–Crippen LogP) is 3.49. The minimum Gasteiger partial charge on any atom is -0.295 e. The van der Waals surface area contributed by atoms with Crippen LogP contribution in [0.4, 0.5) is 0 Å². The maximum atomic E-state index is 11.0. The number of carbonyl (C=O) groups excluding carboxylic acids is 1. The van der Waals surface area contributed by atoms with E-state index in [1.807, 2.05) is 6.92 Å². The summed E-state index contributed by atoms with van der Waals surface area (Å²) in [7, 11) is 0. The highest BCUT2D eigenvalue weighted by atomic mass is 16.1. The zero-order valence-electron chi connectivity index (χ0n) is 8.52. The molecule has 0 spiro atoms. The Morgan fingerprint density at radius 1 is 1.25 bits per heavy atom. The Labute approximate surface area is 75.9 Å². The molecule has 0 aliphatic rings. The number of Topliss-reactive ketones (excluding diaryl/α,β-unsaturated/α-hetero) is 1. The second-order valence-electron chi connectivity index (χ2n) is 3.13. The second-order valence-corrected chi connectivity index (χ2v) is 3.13. The molecule has 0 unspecified atom stereocenters. The summed E-state index contributed by atoms with van der Waals surface area (Å²) in [5, 5.41) is 0. The number of rotatable bonds is 6. The van der Waals surface area contributed by atoms with Gasteiger partial charge in [-0.1, -0.05) is 32.8 Å². The summed E-state index contributed by atoms with van der Waals surface area (Å²) in [5.74, 6) is 0.231. The molecule has 0 saturated heterocycles. The highest BCUT2D eigenvalue weighted by molar-refractivity contribution is 5.93. The third kappa shape index (κ3) is 5.11. The molecule has 0 fully saturated rings. The van der Waals surface area contributed by atoms with Gasteiger partial charge in [0, 0.05) is 0 Å². The van der Waals surface area contributed by atoms with Gasteiger partial charge in [0.05, 0.1) is 0 Å². The summed E-state index contributed by atoms with van der Waals surface area (Å²) in [4.78, 5) is 11.0. The van der Waals surface area contributed by atoms with Gasteiger partial charge in [0.1, 0.15) is 0 Å². The van der Waals surface area contributed by atoms with Gasteiger partial charge >= 0.3 is 0 Å². The lowest BCUT2D eigenvalue weighted by molar-refractivity contribution is -0.113. The number of allylic oxidation sites excluding steroid dienone is 2. The van der Waals surface area contributed by atoms with Gasteiger partial charge < -0.3 is 0 Å². The number of carbonyl (C=O) groups is 1. The van der Waals surface area contributed by atoms with E-state index in [4.69, 9.17) is 0 Å². The van der Waals surface area contributed by atoms with Crippen LogP contribution in [0.25, 0.3) is 0 Å². The molecule has 1 nitrogen and oxygen atoms in total. The van der Waals surface area contributed by atoms with Gasteiger partial charge in [-0.2, -0.15) is 0 Å². The first-order chi connectivity index (χ1) is 5.72. The van der Waals surface area contributed by atoms with E-state index < -0.39 is 0 Å². The quantitative estimate of drug-likeness (QED) is 0.438. The number of hydrogen-bond acceptors (Lipinski definition) is 1. The van der Waals surface area contributed by atoms with Crippen molar-refractivity contribution in [3.63, 3.8) is 0 Å². The highest BCUT2D eigenvalue weighted by Gasteiger charge is 1.98. The van der Waals surface area contributed by atoms with Crippen LogP contribution >= 0.6 is 0 Å². The maximum absolute atomic E-state index is 11.0. The fourth-order valence-electron chi connectivity index (χ4n) is 1.21. The van der Waals surface area contributed by atoms with Gasteiger partial charge in [0.2, 0.25) is 0 Å². The van der Waals surface area contributed by atoms with Crippen molar-refractivity contribution in [1.29, 1.82) is 0 Å². The van der Waals surface area contributed by atoms with Crippen molar-refractivity contribution in [2.24, 2.45) is 0 Å². The van der Waals surface area contributed by atoms with Crippen LogP contribution in [0.3, 0.4) is 0 Å². The van der Waals surface area contributed by atoms with Crippen molar-refractivity contribution < 1.29 is 4.79 Å². The van der Waals surface area contributed by atoms with Crippen molar-refractivity contribution in [2.75, 3.05) is 0 Å². The van der Waals surface area contributed by atoms with E-state index in [0.29, 0.717) is 0 Å². The van der Waals surface area contributed by atoms with E-state index in [1.165, 1.54) is 19.3 Å². The smallest absolute Gasteiger partial charge is 0.155 e. The molecule has 0 aromatic carbocycles. The molecule has 0 saturated carbocycles. The molecule has 12 heavy (non-hydrogen) atoms. The van der Waals surface area contributed by atoms with Gasteiger partial charge in [-0.05, 0) is 31.8 Å². The summed E-state index contributed by atoms with van der Waals surface area (Å²) in [6.07, 6.45) is 7.77. The Kier molecular flexibility index (Phi) is 6.73. The zero-order valence-corrected chi connectivity index (χ0v) is 8.52. The van der Waals surface area contributed by atoms with Crippen molar-refractivity contribution in [3.05, 3.63) is 11.6 Å². The van der Waals surface area contributed by atoms with Crippen LogP contribution in [0.15, 0.2) is 11.6 Å². The van der Waals surface area contributed by atoms with Crippen molar-refractivity contribution in [3.8, 4) is 0 Å². The predicted molar refractivity (Wildman–Crippen MR) is 53.2 cm³/mol. The summed E-state index contributed by atoms with van der Waals surface area (Å²) in [5.41, 5.74) is 0.992. The molecule has 0 N–H and O–H groups in total. The molecule has 0 aliphatic heterocycles. The molecule has 0 aromatic heterocycles. The van der Waals surface area contributed by atoms with Crippen LogP contribution < -0.4 is 0 Å². The van der Waals surface area contributed by atoms with Gasteiger partial charge in [-0.15, -0.1) is 0 Å². The minimum atomic E-state index is 0.231. The van der Waals surface area contributed by atoms with Crippen LogP contribution in [0.5, 0.6) is 0 Å². The molecule has 0 aromatic rings. The maximum Gasteiger partial charge on any atom is 0.155 e. The summed E-state index contributed by atoms with van der Waals surface area (Å²) < 4.78 is 0. The molecule has 70 valence electrons. The van der Waals surface area contributed by atoms with Crippen molar-refractivity contribution in [2.45, 2.75) is 52.9 Å². The second kappa shape index (κ2) is 7.08. The SMILES string of the molecule is CCCCC/C=C(\CC)C(C)=O. The van der Waals surface area contributed by atoms with Crippen LogP contribution in [-0.4, -0.2) is 5.78 Å². The first-order valence-corrected chi connectivity index (χ1v) is 4.92. The Morgan fingerprint density at radius 3 is 2.33 bits per heavy atom. The van der Waals surface area contributed by atoms with E-state index in [0.717, 1.165) is 18.4 Å². The molecule has 1 heteroatoms. The Morgan fingerprint density at radius 2 is 1.92 bits per heavy atom. The lowest BCUT2D eigenvalue weighted by Gasteiger charge is -1.98. The van der Waals surface area contributed by atoms with Crippen LogP contribution in [0.2, 0.25) is 0 Å². The Balaban J connectivity index is 3.71. The fraction of sp³-hybridized carbons (Fsp3) is 0.727. The van der Waals surface area contributed by atoms with E-state index in [-0.39, 0.29) is 5.78 Å². The van der Waals surface area contributed by atoms with Gasteiger partial charge in [-0.25, -0.2) is 0 Å². The lowest BCUT2D eigenvalue weighted by atomic mass is 10.1. The van der Waals surface area contributed by atoms with Crippen LogP contribution in [0.1, 0.15) is 52.9 Å². The fourth-order valence-corrected chi connectivity index (χ4v) is 1.21. The standard InChI is InChI=1S/C11H20O/c1-4-6-7-8-9-11(5-2)10(3)12/h9H,4-8H2,1-3H3/b11-9+. The summed E-state index contributed by atoms with van der Waals surface area (Å²) in [6.45, 7) is 5.87. The first kappa shape index (κ1) is 11.4. The highest BCUT2D eigenvalue weighted by Crippen LogP contribution is 2.07. The summed E-state index contributed by atoms with van der Waals surface area (Å²) in [6, 6.07) is 0. The van der Waals surface area contributed by atoms with Crippen LogP contribution in [0, 0.1) is 0 Å². The number of unbranched alkanes of at least 4 members (excludes halogenated alkanes) is 3. The molecule has 0 rings (SSSR count). The minimum absolute atomic E-state index is 0.231. The average Bonchev–Trinajstić information content (AvgIpc) is 2.04. The monoisotopic (exact) mass is 168 g/mol. The van der Waals surface area contributed by atoms with Gasteiger partial charge in [-0.3, -0.25) is 4.79 Å². The third-order valence-corrected chi connectivity index (χ3v) is 2.03. The molecule has 0 heterocycles. The van der Waals surface area contributed by atoms with E-state index in [1.54, 1.807) is 6.92 Å². The van der Waals surface area contributed by atoms with E-state index in [9.17, 15) is 4.79 Å². The largest absolute Gasteiger partial charge is 0.295 e. The molecule has 0 atom stereocenters. The third-order valence-electron chi connectivity index (χ3n) is 2.03. The van der Waals surface area contributed by atoms with Gasteiger partial charge in [0.15, 0.2) is 5.78 Å². The first-order valence-electron chi connectivity index (χ1n) is 4.92. The van der Waals surface area contributed by atoms with Crippen LogP contribution in [-0.2, 0) is 4.79 Å². The number of ketones is 1. The topological polar surface area (TPSA) is 17.1 Å². The zero-order chi connectivity index (χ0) is 9.40. The molecule has 0 amide bonds. The molecule has 0 aliphatic carbocycles. The Bertz CT molecular complexity index is 156. The molecule has 0 radical (unpaired) electrons. The lowest BCUT2D eigenvalue weighted by Crippen LogP contribution is -1.94. The van der Waals surface area contributed by atoms with Gasteiger partial charge in [0.25, 0.3) is 0 Å². The van der Waals surface area contributed by atoms with Crippen molar-refractivity contribution in [1.82, 2.24) is 0 Å². The van der Waals surface area contributed by atoms with Crippen molar-refractivity contribution >= 4 is 5.78 Å². The molecule has 0 bridgehead atoms. The summed E-state index contributed by atoms with van der Waals surface area (Å²) >= 11 is 0. The normalized spacial score (nSPS) is 11.8. The van der Waals surface area contributed by atoms with E-state index >= 15 is 0 Å². The number of hydrogen-bond donors (Lipinski definition) is 0. The average molecular weight is 168 g/mol. The molecular formula is C11H20O.